The second kappa shape index (κ2) is 10.0. The summed E-state index contributed by atoms with van der Waals surface area (Å²) in [7, 11) is 0. The van der Waals surface area contributed by atoms with Crippen LogP contribution in [0.4, 0.5) is 4.39 Å². The highest BCUT2D eigenvalue weighted by atomic mass is 19.1. The number of nitrogens with zero attached hydrogens (tertiary/aromatic N) is 2. The van der Waals surface area contributed by atoms with Crippen LogP contribution in [0.3, 0.4) is 0 Å². The van der Waals surface area contributed by atoms with Gasteiger partial charge in [-0.3, -0.25) is 29.0 Å². The van der Waals surface area contributed by atoms with Crippen LogP contribution < -0.4 is 0 Å². The first kappa shape index (κ1) is 26.3. The molecule has 3 aromatic carbocycles. The molecule has 0 spiro atoms. The number of fused-ring (bicyclic) bond motifs is 4. The minimum atomic E-state index is -0.847. The van der Waals surface area contributed by atoms with E-state index in [-0.39, 0.29) is 48.7 Å². The molecule has 4 aliphatic rings. The van der Waals surface area contributed by atoms with Crippen molar-refractivity contribution in [1.82, 2.24) is 9.80 Å². The number of hydrogen-bond acceptors (Lipinski definition) is 5. The van der Waals surface area contributed by atoms with Gasteiger partial charge in [-0.1, -0.05) is 84.4 Å². The highest BCUT2D eigenvalue weighted by molar-refractivity contribution is 6.08. The predicted octanol–water partition coefficient (Wildman–Crippen LogP) is 4.57. The first-order valence-electron chi connectivity index (χ1n) is 14.3. The number of rotatable bonds is 5. The van der Waals surface area contributed by atoms with Crippen LogP contribution in [0.5, 0.6) is 5.75 Å². The van der Waals surface area contributed by atoms with Crippen LogP contribution in [0.1, 0.15) is 35.4 Å². The molecule has 2 heterocycles. The van der Waals surface area contributed by atoms with Gasteiger partial charge in [-0.05, 0) is 36.0 Å². The zero-order valence-electron chi connectivity index (χ0n) is 22.7. The lowest BCUT2D eigenvalue weighted by atomic mass is 9.57. The number of carbonyl (C=O) groups excluding carboxylic acids is 4. The molecule has 2 saturated heterocycles. The van der Waals surface area contributed by atoms with Gasteiger partial charge in [0.25, 0.3) is 0 Å². The summed E-state index contributed by atoms with van der Waals surface area (Å²) >= 11 is 0. The zero-order chi connectivity index (χ0) is 29.1. The lowest BCUT2D eigenvalue weighted by Gasteiger charge is -2.44. The number of phenolic OH excluding ortho intramolecular Hbond substituents is 1. The number of benzene rings is 3. The smallest absolute Gasteiger partial charge is 0.234 e. The largest absolute Gasteiger partial charge is 0.505 e. The number of carbonyl (C=O) groups is 4. The molecule has 1 saturated carbocycles. The van der Waals surface area contributed by atoms with Gasteiger partial charge in [0.05, 0.1) is 36.8 Å². The van der Waals surface area contributed by atoms with E-state index in [9.17, 15) is 28.7 Å². The molecule has 7 nitrogen and oxygen atoms in total. The monoisotopic (exact) mass is 564 g/mol. The standard InChI is InChI=1S/C34H29FN2O5/c35-26-13-7-12-22(30(26)38)27-21-14-15-23-28(33(41)36(31(23)39)17-19-8-3-1-4-9-19)24(21)16-25-29(27)34(42)37(32(25)40)18-20-10-5-2-6-11-20/h1-14,23-25,27-29,38H,15-18H2. The van der Waals surface area contributed by atoms with Gasteiger partial charge in [-0.15, -0.1) is 0 Å². The van der Waals surface area contributed by atoms with Crippen molar-refractivity contribution < 1.29 is 28.7 Å². The van der Waals surface area contributed by atoms with Crippen LogP contribution in [0.15, 0.2) is 90.5 Å². The normalized spacial score (nSPS) is 28.5. The molecule has 4 amide bonds. The molecule has 0 aromatic heterocycles. The lowest BCUT2D eigenvalue weighted by molar-refractivity contribution is -0.142. The topological polar surface area (TPSA) is 95.0 Å². The van der Waals surface area contributed by atoms with Gasteiger partial charge in [-0.25, -0.2) is 4.39 Å². The number of phenols is 1. The van der Waals surface area contributed by atoms with E-state index in [1.807, 2.05) is 66.7 Å². The Morgan fingerprint density at radius 3 is 1.86 bits per heavy atom. The molecule has 212 valence electrons. The number of likely N-dealkylation sites (tertiary alicyclic amines) is 2. The highest BCUT2D eigenvalue weighted by Gasteiger charge is 2.62. The summed E-state index contributed by atoms with van der Waals surface area (Å²) in [4.78, 5) is 57.9. The molecule has 6 unspecified atom stereocenters. The van der Waals surface area contributed by atoms with E-state index < -0.39 is 47.1 Å². The van der Waals surface area contributed by atoms with Gasteiger partial charge < -0.3 is 5.11 Å². The Labute approximate surface area is 242 Å². The summed E-state index contributed by atoms with van der Waals surface area (Å²) < 4.78 is 14.7. The minimum Gasteiger partial charge on any atom is -0.505 e. The molecule has 1 N–H and O–H groups in total. The van der Waals surface area contributed by atoms with Crippen LogP contribution in [0.25, 0.3) is 0 Å². The Kier molecular flexibility index (Phi) is 6.30. The highest BCUT2D eigenvalue weighted by Crippen LogP contribution is 2.59. The zero-order valence-corrected chi connectivity index (χ0v) is 22.7. The van der Waals surface area contributed by atoms with Crippen LogP contribution in [0.2, 0.25) is 0 Å². The van der Waals surface area contributed by atoms with Crippen LogP contribution >= 0.6 is 0 Å². The van der Waals surface area contributed by atoms with Gasteiger partial charge in [0, 0.05) is 11.5 Å². The third kappa shape index (κ3) is 4.00. The van der Waals surface area contributed by atoms with E-state index in [4.69, 9.17) is 0 Å². The number of imide groups is 2. The van der Waals surface area contributed by atoms with Gasteiger partial charge in [0.15, 0.2) is 11.6 Å². The molecule has 3 aromatic rings. The van der Waals surface area contributed by atoms with Crippen LogP contribution in [-0.2, 0) is 32.3 Å². The van der Waals surface area contributed by atoms with Gasteiger partial charge in [0.1, 0.15) is 0 Å². The first-order chi connectivity index (χ1) is 20.3. The summed E-state index contributed by atoms with van der Waals surface area (Å²) in [6.45, 7) is 0.265. The molecule has 2 aliphatic carbocycles. The maximum Gasteiger partial charge on any atom is 0.234 e. The number of halogens is 1. The molecular formula is C34H29FN2O5. The van der Waals surface area contributed by atoms with E-state index in [1.165, 1.54) is 15.9 Å². The second-order valence-corrected chi connectivity index (χ2v) is 11.7. The fourth-order valence-electron chi connectivity index (χ4n) is 7.69. The SMILES string of the molecule is O=C1C2CC=C3C(CC4C(=O)N(Cc5ccccc5)C(=O)C4C3c3cccc(F)c3O)C2C(=O)N1Cc1ccccc1. The quantitative estimate of drug-likeness (QED) is 0.362. The lowest BCUT2D eigenvalue weighted by Crippen LogP contribution is -2.43. The second-order valence-electron chi connectivity index (χ2n) is 11.7. The van der Waals surface area contributed by atoms with Gasteiger partial charge >= 0.3 is 0 Å². The fourth-order valence-corrected chi connectivity index (χ4v) is 7.69. The summed E-state index contributed by atoms with van der Waals surface area (Å²) in [5, 5.41) is 10.9. The third-order valence-electron chi connectivity index (χ3n) is 9.55. The Morgan fingerprint density at radius 2 is 1.24 bits per heavy atom. The molecule has 2 aliphatic heterocycles. The van der Waals surface area contributed by atoms with Crippen LogP contribution in [0, 0.1) is 35.4 Å². The van der Waals surface area contributed by atoms with Crippen molar-refractivity contribution in [2.24, 2.45) is 29.6 Å². The minimum absolute atomic E-state index is 0.103. The van der Waals surface area contributed by atoms with Crippen molar-refractivity contribution in [3.63, 3.8) is 0 Å². The fraction of sp³-hybridized carbons (Fsp3) is 0.294. The van der Waals surface area contributed by atoms with Gasteiger partial charge in [-0.2, -0.15) is 0 Å². The molecular weight excluding hydrogens is 535 g/mol. The summed E-state index contributed by atoms with van der Waals surface area (Å²) in [5.41, 5.74) is 2.59. The average Bonchev–Trinajstić information content (AvgIpc) is 3.39. The Morgan fingerprint density at radius 1 is 0.667 bits per heavy atom. The molecule has 8 heteroatoms. The number of aromatic hydroxyl groups is 1. The molecule has 7 rings (SSSR count). The van der Waals surface area contributed by atoms with Gasteiger partial charge in [0.2, 0.25) is 23.6 Å². The van der Waals surface area contributed by atoms with Crippen molar-refractivity contribution in [2.45, 2.75) is 31.8 Å². The summed E-state index contributed by atoms with van der Waals surface area (Å²) in [6.07, 6.45) is 2.43. The van der Waals surface area contributed by atoms with Crippen LogP contribution in [-0.4, -0.2) is 38.5 Å². The molecule has 6 atom stereocenters. The van der Waals surface area contributed by atoms with Crippen molar-refractivity contribution in [3.8, 4) is 5.75 Å². The summed E-state index contributed by atoms with van der Waals surface area (Å²) in [5.74, 6) is -6.78. The first-order valence-corrected chi connectivity index (χ1v) is 14.3. The van der Waals surface area contributed by atoms with Crippen molar-refractivity contribution in [1.29, 1.82) is 0 Å². The Balaban J connectivity index is 1.29. The van der Waals surface area contributed by atoms with E-state index in [2.05, 4.69) is 0 Å². The van der Waals surface area contributed by atoms with Crippen molar-refractivity contribution >= 4 is 23.6 Å². The van der Waals surface area contributed by atoms with E-state index >= 15 is 0 Å². The Bertz CT molecular complexity index is 1640. The number of allylic oxidation sites excluding steroid dienone is 2. The number of amides is 4. The van der Waals surface area contributed by atoms with E-state index in [0.29, 0.717) is 6.42 Å². The average molecular weight is 565 g/mol. The molecule has 42 heavy (non-hydrogen) atoms. The maximum atomic E-state index is 14.7. The van der Waals surface area contributed by atoms with Crippen molar-refractivity contribution in [3.05, 3.63) is 113 Å². The Hall–Kier alpha value is -4.59. The number of hydrogen-bond donors (Lipinski definition) is 1. The van der Waals surface area contributed by atoms with E-state index in [0.717, 1.165) is 22.8 Å². The molecule has 3 fully saturated rings. The number of para-hydroxylation sites is 1. The van der Waals surface area contributed by atoms with Crippen molar-refractivity contribution in [2.75, 3.05) is 0 Å². The predicted molar refractivity (Wildman–Crippen MR) is 150 cm³/mol. The molecule has 0 bridgehead atoms. The summed E-state index contributed by atoms with van der Waals surface area (Å²) in [6, 6.07) is 22.7. The molecule has 0 radical (unpaired) electrons. The third-order valence-corrected chi connectivity index (χ3v) is 9.55. The van der Waals surface area contributed by atoms with E-state index in [1.54, 1.807) is 6.07 Å². The maximum absolute atomic E-state index is 14.7.